The maximum Gasteiger partial charge on any atom is 0.292 e. The fraction of sp³-hybridized carbons (Fsp3) is 0.667. The number of halogens is 2. The van der Waals surface area contributed by atoms with Crippen molar-refractivity contribution < 1.29 is 13.5 Å². The Hall–Kier alpha value is -1.20. The van der Waals surface area contributed by atoms with Crippen LogP contribution in [0.1, 0.15) is 42.0 Å². The van der Waals surface area contributed by atoms with Gasteiger partial charge in [-0.1, -0.05) is 6.07 Å². The van der Waals surface area contributed by atoms with E-state index in [1.54, 1.807) is 0 Å². The lowest BCUT2D eigenvalue weighted by molar-refractivity contribution is 0.00817. The first-order valence-electron chi connectivity index (χ1n) is 8.51. The van der Waals surface area contributed by atoms with E-state index in [9.17, 15) is 8.78 Å². The highest BCUT2D eigenvalue weighted by atomic mass is 19.3. The van der Waals surface area contributed by atoms with Crippen LogP contribution in [0.15, 0.2) is 6.07 Å². The average molecular weight is 324 g/mol. The van der Waals surface area contributed by atoms with E-state index in [0.717, 1.165) is 49.2 Å². The summed E-state index contributed by atoms with van der Waals surface area (Å²) in [5, 5.41) is 2.90. The Kier molecular flexibility index (Phi) is 4.61. The number of piperidine rings is 1. The average Bonchev–Trinajstić information content (AvgIpc) is 2.82. The number of hydrogen-bond acceptors (Lipinski definition) is 3. The van der Waals surface area contributed by atoms with Gasteiger partial charge in [0.05, 0.1) is 18.2 Å². The summed E-state index contributed by atoms with van der Waals surface area (Å²) < 4.78 is 34.4. The van der Waals surface area contributed by atoms with Crippen LogP contribution in [-0.2, 0) is 17.2 Å². The Labute approximate surface area is 137 Å². The monoisotopic (exact) mass is 324 g/mol. The molecule has 0 aromatic heterocycles. The number of hydrogen-bond donors (Lipinski definition) is 1. The van der Waals surface area contributed by atoms with Crippen molar-refractivity contribution in [3.63, 3.8) is 0 Å². The highest BCUT2D eigenvalue weighted by Gasteiger charge is 2.43. The number of alkyl halides is 2. The van der Waals surface area contributed by atoms with Crippen LogP contribution < -0.4 is 5.32 Å². The predicted molar refractivity (Wildman–Crippen MR) is 88.2 cm³/mol. The number of aryl methyl sites for hydroxylation is 2. The Morgan fingerprint density at radius 2 is 1.96 bits per heavy atom. The van der Waals surface area contributed by atoms with Crippen LogP contribution in [-0.4, -0.2) is 37.2 Å². The molecule has 1 saturated heterocycles. The quantitative estimate of drug-likeness (QED) is 0.911. The molecule has 0 aliphatic carbocycles. The summed E-state index contributed by atoms with van der Waals surface area (Å²) in [7, 11) is 0. The van der Waals surface area contributed by atoms with Gasteiger partial charge >= 0.3 is 0 Å². The second-order valence-corrected chi connectivity index (χ2v) is 6.73. The molecule has 1 N–H and O–H groups in total. The summed E-state index contributed by atoms with van der Waals surface area (Å²) >= 11 is 0. The third-order valence-corrected chi connectivity index (χ3v) is 5.03. The molecule has 0 bridgehead atoms. The van der Waals surface area contributed by atoms with Crippen LogP contribution in [0.4, 0.5) is 14.5 Å². The molecule has 0 atom stereocenters. The Morgan fingerprint density at radius 3 is 2.61 bits per heavy atom. The summed E-state index contributed by atoms with van der Waals surface area (Å²) in [5.74, 6) is -2.77. The minimum absolute atomic E-state index is 0.224. The molecule has 3 nitrogen and oxygen atoms in total. The van der Waals surface area contributed by atoms with Crippen molar-refractivity contribution >= 4 is 5.69 Å². The smallest absolute Gasteiger partial charge is 0.292 e. The zero-order chi connectivity index (χ0) is 16.6. The predicted octanol–water partition coefficient (Wildman–Crippen LogP) is 3.82. The van der Waals surface area contributed by atoms with Gasteiger partial charge in [0, 0.05) is 31.9 Å². The van der Waals surface area contributed by atoms with Gasteiger partial charge in [0.15, 0.2) is 0 Å². The largest absolute Gasteiger partial charge is 0.378 e. The van der Waals surface area contributed by atoms with E-state index in [4.69, 9.17) is 4.74 Å². The van der Waals surface area contributed by atoms with E-state index in [1.165, 1.54) is 0 Å². The van der Waals surface area contributed by atoms with E-state index in [0.29, 0.717) is 18.3 Å². The van der Waals surface area contributed by atoms with E-state index in [-0.39, 0.29) is 12.1 Å². The van der Waals surface area contributed by atoms with Gasteiger partial charge in [-0.3, -0.25) is 4.90 Å². The fourth-order valence-electron chi connectivity index (χ4n) is 3.85. The number of rotatable bonds is 4. The lowest BCUT2D eigenvalue weighted by Gasteiger charge is -2.33. The molecule has 2 aliphatic heterocycles. The van der Waals surface area contributed by atoms with E-state index in [1.807, 2.05) is 26.8 Å². The maximum atomic E-state index is 14.4. The van der Waals surface area contributed by atoms with Crippen molar-refractivity contribution in [3.05, 3.63) is 28.3 Å². The lowest BCUT2D eigenvalue weighted by atomic mass is 9.93. The summed E-state index contributed by atoms with van der Waals surface area (Å²) in [5.41, 5.74) is 3.54. The second-order valence-electron chi connectivity index (χ2n) is 6.73. The van der Waals surface area contributed by atoms with E-state index < -0.39 is 5.92 Å². The van der Waals surface area contributed by atoms with Gasteiger partial charge in [-0.15, -0.1) is 0 Å². The van der Waals surface area contributed by atoms with Crippen molar-refractivity contribution in [2.75, 3.05) is 31.6 Å². The molecule has 0 spiro atoms. The fourth-order valence-corrected chi connectivity index (χ4v) is 3.85. The van der Waals surface area contributed by atoms with Crippen LogP contribution in [0.25, 0.3) is 0 Å². The molecule has 5 heteroatoms. The molecule has 0 amide bonds. The van der Waals surface area contributed by atoms with Crippen molar-refractivity contribution in [1.29, 1.82) is 0 Å². The van der Waals surface area contributed by atoms with Crippen molar-refractivity contribution in [1.82, 2.24) is 4.90 Å². The molecule has 128 valence electrons. The zero-order valence-electron chi connectivity index (χ0n) is 14.2. The molecular formula is C18H26F2N2O. The van der Waals surface area contributed by atoms with Crippen molar-refractivity contribution in [2.45, 2.75) is 52.2 Å². The van der Waals surface area contributed by atoms with Crippen LogP contribution in [0.2, 0.25) is 0 Å². The van der Waals surface area contributed by atoms with Gasteiger partial charge in [-0.25, -0.2) is 0 Å². The Bertz CT molecular complexity index is 581. The van der Waals surface area contributed by atoms with Crippen molar-refractivity contribution in [3.8, 4) is 0 Å². The van der Waals surface area contributed by atoms with Gasteiger partial charge in [-0.05, 0) is 50.3 Å². The number of anilines is 1. The topological polar surface area (TPSA) is 24.5 Å². The first-order chi connectivity index (χ1) is 10.9. The SMILES string of the molecule is CCOC1CCN(Cc2c(C)cc(C)c3c2C(F)(F)CN3)CC1. The molecule has 23 heavy (non-hydrogen) atoms. The van der Waals surface area contributed by atoms with Crippen LogP contribution in [0, 0.1) is 13.8 Å². The first kappa shape index (κ1) is 16.7. The number of benzene rings is 1. The molecule has 1 fully saturated rings. The van der Waals surface area contributed by atoms with Gasteiger partial charge in [-0.2, -0.15) is 8.78 Å². The highest BCUT2D eigenvalue weighted by Crippen LogP contribution is 2.44. The molecule has 2 heterocycles. The number of fused-ring (bicyclic) bond motifs is 1. The van der Waals surface area contributed by atoms with Crippen LogP contribution in [0.5, 0.6) is 0 Å². The molecule has 0 saturated carbocycles. The summed E-state index contributed by atoms with van der Waals surface area (Å²) in [6.45, 7) is 8.74. The van der Waals surface area contributed by atoms with Gasteiger partial charge in [0.25, 0.3) is 5.92 Å². The van der Waals surface area contributed by atoms with Gasteiger partial charge in [0.1, 0.15) is 0 Å². The van der Waals surface area contributed by atoms with E-state index in [2.05, 4.69) is 10.2 Å². The second kappa shape index (κ2) is 6.36. The zero-order valence-corrected chi connectivity index (χ0v) is 14.2. The van der Waals surface area contributed by atoms with Crippen molar-refractivity contribution in [2.24, 2.45) is 0 Å². The number of nitrogens with one attached hydrogen (secondary N) is 1. The number of ether oxygens (including phenoxy) is 1. The van der Waals surface area contributed by atoms with E-state index >= 15 is 0 Å². The standard InChI is InChI=1S/C18H26F2N2O/c1-4-23-14-5-7-22(8-6-14)10-15-12(2)9-13(3)17-16(15)18(19,20)11-21-17/h9,14,21H,4-8,10-11H2,1-3H3. The molecule has 3 rings (SSSR count). The first-order valence-corrected chi connectivity index (χ1v) is 8.51. The van der Waals surface area contributed by atoms with Gasteiger partial charge in [0.2, 0.25) is 0 Å². The Balaban J connectivity index is 1.81. The summed E-state index contributed by atoms with van der Waals surface area (Å²) in [4.78, 5) is 2.28. The normalized spacial score (nSPS) is 21.3. The van der Waals surface area contributed by atoms with Gasteiger partial charge < -0.3 is 10.1 Å². The summed E-state index contributed by atoms with van der Waals surface area (Å²) in [6, 6.07) is 2.02. The maximum absolute atomic E-state index is 14.4. The minimum Gasteiger partial charge on any atom is -0.378 e. The molecule has 0 radical (unpaired) electrons. The third-order valence-electron chi connectivity index (χ3n) is 5.03. The molecule has 0 unspecified atom stereocenters. The molecule has 1 aromatic carbocycles. The summed E-state index contributed by atoms with van der Waals surface area (Å²) in [6.07, 6.45) is 2.29. The number of likely N-dealkylation sites (tertiary alicyclic amines) is 1. The minimum atomic E-state index is -2.77. The molecule has 1 aromatic rings. The van der Waals surface area contributed by atoms with Crippen LogP contribution >= 0.6 is 0 Å². The van der Waals surface area contributed by atoms with Crippen LogP contribution in [0.3, 0.4) is 0 Å². The number of nitrogens with zero attached hydrogens (tertiary/aromatic N) is 1. The lowest BCUT2D eigenvalue weighted by Crippen LogP contribution is -2.37. The molecular weight excluding hydrogens is 298 g/mol. The third kappa shape index (κ3) is 3.22. The Morgan fingerprint density at radius 1 is 1.26 bits per heavy atom. The highest BCUT2D eigenvalue weighted by molar-refractivity contribution is 5.67. The molecule has 2 aliphatic rings.